The predicted molar refractivity (Wildman–Crippen MR) is 83.9 cm³/mol. The van der Waals surface area contributed by atoms with Crippen LogP contribution in [0.3, 0.4) is 0 Å². The first-order chi connectivity index (χ1) is 12.6. The largest absolute Gasteiger partial charge is 0.573 e. The fraction of sp³-hybridized carbons (Fsp3) is 0.167. The summed E-state index contributed by atoms with van der Waals surface area (Å²) in [6.45, 7) is 0. The van der Waals surface area contributed by atoms with Gasteiger partial charge in [0.25, 0.3) is 5.92 Å². The molecule has 0 unspecified atom stereocenters. The summed E-state index contributed by atoms with van der Waals surface area (Å²) in [5.41, 5.74) is -0.621. The van der Waals surface area contributed by atoms with E-state index in [0.29, 0.717) is 6.08 Å². The Morgan fingerprint density at radius 2 is 1.63 bits per heavy atom. The van der Waals surface area contributed by atoms with Gasteiger partial charge in [-0.1, -0.05) is 6.08 Å². The molecule has 3 rings (SSSR count). The number of ether oxygens (including phenoxy) is 3. The number of hydrogen-bond acceptors (Lipinski definition) is 4. The fourth-order valence-electron chi connectivity index (χ4n) is 2.58. The zero-order valence-electron chi connectivity index (χ0n) is 13.6. The Hall–Kier alpha value is -3.10. The van der Waals surface area contributed by atoms with E-state index in [9.17, 15) is 26.7 Å². The van der Waals surface area contributed by atoms with E-state index in [1.165, 1.54) is 18.2 Å². The maximum atomic E-state index is 13.8. The number of hydrogen-bond donors (Lipinski definition) is 0. The van der Waals surface area contributed by atoms with Crippen LogP contribution in [0.2, 0.25) is 0 Å². The lowest BCUT2D eigenvalue weighted by Gasteiger charge is -2.16. The SMILES string of the molecule is COC(=O)c1c(Oc2ccc(OC(F)(F)F)cc2)ccc2c1C=CC2(F)F. The molecule has 27 heavy (non-hydrogen) atoms. The molecule has 0 aromatic heterocycles. The lowest BCUT2D eigenvalue weighted by atomic mass is 10.0. The summed E-state index contributed by atoms with van der Waals surface area (Å²) in [5.74, 6) is -4.58. The highest BCUT2D eigenvalue weighted by atomic mass is 19.4. The molecule has 0 bridgehead atoms. The van der Waals surface area contributed by atoms with Crippen molar-refractivity contribution in [1.29, 1.82) is 0 Å². The van der Waals surface area contributed by atoms with Crippen LogP contribution in [0.15, 0.2) is 42.5 Å². The highest BCUT2D eigenvalue weighted by Gasteiger charge is 2.38. The molecule has 0 spiro atoms. The molecule has 0 saturated carbocycles. The van der Waals surface area contributed by atoms with Gasteiger partial charge in [-0.3, -0.25) is 0 Å². The molecule has 0 aliphatic heterocycles. The van der Waals surface area contributed by atoms with Crippen molar-refractivity contribution in [3.8, 4) is 17.2 Å². The summed E-state index contributed by atoms with van der Waals surface area (Å²) < 4.78 is 78.1. The minimum atomic E-state index is -4.84. The normalized spacial score (nSPS) is 14.6. The first kappa shape index (κ1) is 18.7. The van der Waals surface area contributed by atoms with Crippen LogP contribution >= 0.6 is 0 Å². The lowest BCUT2D eigenvalue weighted by molar-refractivity contribution is -0.274. The number of esters is 1. The molecule has 0 amide bonds. The molecule has 142 valence electrons. The third-order valence-electron chi connectivity index (χ3n) is 3.70. The van der Waals surface area contributed by atoms with Crippen molar-refractivity contribution in [3.05, 3.63) is 59.2 Å². The van der Waals surface area contributed by atoms with Gasteiger partial charge >= 0.3 is 12.3 Å². The van der Waals surface area contributed by atoms with Crippen LogP contribution in [0.1, 0.15) is 21.5 Å². The molecule has 0 fully saturated rings. The van der Waals surface area contributed by atoms with Gasteiger partial charge in [0.1, 0.15) is 22.8 Å². The van der Waals surface area contributed by atoms with E-state index < -0.39 is 24.0 Å². The van der Waals surface area contributed by atoms with E-state index in [0.717, 1.165) is 31.4 Å². The third kappa shape index (κ3) is 3.86. The van der Waals surface area contributed by atoms with Gasteiger partial charge in [-0.2, -0.15) is 8.78 Å². The zero-order chi connectivity index (χ0) is 19.8. The average Bonchev–Trinajstić information content (AvgIpc) is 2.89. The van der Waals surface area contributed by atoms with E-state index in [4.69, 9.17) is 4.74 Å². The van der Waals surface area contributed by atoms with Gasteiger partial charge < -0.3 is 14.2 Å². The molecule has 0 radical (unpaired) electrons. The Morgan fingerprint density at radius 1 is 1.00 bits per heavy atom. The summed E-state index contributed by atoms with van der Waals surface area (Å²) in [7, 11) is 1.09. The number of alkyl halides is 5. The maximum Gasteiger partial charge on any atom is 0.573 e. The van der Waals surface area contributed by atoms with Crippen LogP contribution in [0.25, 0.3) is 6.08 Å². The predicted octanol–water partition coefficient (Wildman–Crippen LogP) is 5.28. The molecule has 2 aromatic carbocycles. The highest BCUT2D eigenvalue weighted by molar-refractivity contribution is 5.98. The molecule has 1 aliphatic rings. The number of fused-ring (bicyclic) bond motifs is 1. The quantitative estimate of drug-likeness (QED) is 0.530. The second-order valence-electron chi connectivity index (χ2n) is 5.47. The van der Waals surface area contributed by atoms with E-state index >= 15 is 0 Å². The maximum absolute atomic E-state index is 13.8. The van der Waals surface area contributed by atoms with Crippen LogP contribution in [-0.2, 0) is 10.7 Å². The van der Waals surface area contributed by atoms with Gasteiger partial charge in [0.05, 0.1) is 7.11 Å². The molecular formula is C18H11F5O4. The van der Waals surface area contributed by atoms with Crippen LogP contribution in [0.4, 0.5) is 22.0 Å². The minimum absolute atomic E-state index is 0.0404. The van der Waals surface area contributed by atoms with E-state index in [1.54, 1.807) is 0 Å². The molecule has 0 saturated heterocycles. The van der Waals surface area contributed by atoms with Gasteiger partial charge in [0, 0.05) is 11.1 Å². The fourth-order valence-corrected chi connectivity index (χ4v) is 2.58. The topological polar surface area (TPSA) is 44.8 Å². The second-order valence-corrected chi connectivity index (χ2v) is 5.47. The molecule has 4 nitrogen and oxygen atoms in total. The summed E-state index contributed by atoms with van der Waals surface area (Å²) in [6.07, 6.45) is -3.09. The molecular weight excluding hydrogens is 375 g/mol. The Labute approximate surface area is 149 Å². The molecule has 1 aliphatic carbocycles. The Balaban J connectivity index is 1.94. The van der Waals surface area contributed by atoms with Crippen molar-refractivity contribution in [2.45, 2.75) is 12.3 Å². The van der Waals surface area contributed by atoms with Crippen molar-refractivity contribution in [2.75, 3.05) is 7.11 Å². The van der Waals surface area contributed by atoms with E-state index in [2.05, 4.69) is 9.47 Å². The Kier molecular flexibility index (Phi) is 4.54. The van der Waals surface area contributed by atoms with Crippen molar-refractivity contribution in [3.63, 3.8) is 0 Å². The number of methoxy groups -OCH3 is 1. The number of carbonyl (C=O) groups excluding carboxylic acids is 1. The molecule has 9 heteroatoms. The molecule has 2 aromatic rings. The van der Waals surface area contributed by atoms with E-state index in [1.807, 2.05) is 0 Å². The summed E-state index contributed by atoms with van der Waals surface area (Å²) in [5, 5.41) is 0. The van der Waals surface area contributed by atoms with E-state index in [-0.39, 0.29) is 28.2 Å². The standard InChI is InChI=1S/C18H11F5O4/c1-25-16(24)15-12-8-9-17(19,20)13(12)6-7-14(15)26-10-2-4-11(5-3-10)27-18(21,22)23/h2-9H,1H3. The first-order valence-electron chi connectivity index (χ1n) is 7.47. The monoisotopic (exact) mass is 386 g/mol. The third-order valence-corrected chi connectivity index (χ3v) is 3.70. The van der Waals surface area contributed by atoms with Crippen molar-refractivity contribution >= 4 is 12.0 Å². The summed E-state index contributed by atoms with van der Waals surface area (Å²) >= 11 is 0. The first-order valence-corrected chi connectivity index (χ1v) is 7.47. The van der Waals surface area contributed by atoms with Gasteiger partial charge in [-0.25, -0.2) is 4.79 Å². The summed E-state index contributed by atoms with van der Waals surface area (Å²) in [4.78, 5) is 12.1. The highest BCUT2D eigenvalue weighted by Crippen LogP contribution is 2.43. The molecule has 0 N–H and O–H groups in total. The van der Waals surface area contributed by atoms with Crippen LogP contribution in [0, 0.1) is 0 Å². The van der Waals surface area contributed by atoms with Crippen molar-refractivity contribution in [2.24, 2.45) is 0 Å². The van der Waals surface area contributed by atoms with Crippen molar-refractivity contribution < 1.29 is 41.0 Å². The van der Waals surface area contributed by atoms with Gasteiger partial charge in [0.15, 0.2) is 0 Å². The Morgan fingerprint density at radius 3 is 2.22 bits per heavy atom. The zero-order valence-corrected chi connectivity index (χ0v) is 13.6. The smallest absolute Gasteiger partial charge is 0.465 e. The Bertz CT molecular complexity index is 901. The van der Waals surface area contributed by atoms with Crippen LogP contribution < -0.4 is 9.47 Å². The lowest BCUT2D eigenvalue weighted by Crippen LogP contribution is -2.16. The van der Waals surface area contributed by atoms with Gasteiger partial charge in [-0.05, 0) is 42.5 Å². The molecule has 0 atom stereocenters. The number of halogens is 5. The van der Waals surface area contributed by atoms with Crippen molar-refractivity contribution in [1.82, 2.24) is 0 Å². The van der Waals surface area contributed by atoms with Gasteiger partial charge in [-0.15, -0.1) is 13.2 Å². The minimum Gasteiger partial charge on any atom is -0.465 e. The average molecular weight is 386 g/mol. The molecule has 0 heterocycles. The second kappa shape index (κ2) is 6.57. The van der Waals surface area contributed by atoms with Crippen LogP contribution in [-0.4, -0.2) is 19.4 Å². The number of rotatable bonds is 4. The number of allylic oxidation sites excluding steroid dienone is 1. The van der Waals surface area contributed by atoms with Gasteiger partial charge in [0.2, 0.25) is 0 Å². The number of carbonyl (C=O) groups is 1. The summed E-state index contributed by atoms with van der Waals surface area (Å²) in [6, 6.07) is 6.67. The van der Waals surface area contributed by atoms with Crippen LogP contribution in [0.5, 0.6) is 17.2 Å². The number of benzene rings is 2.